The Morgan fingerprint density at radius 2 is 1.56 bits per heavy atom. The Morgan fingerprint density at radius 3 is 2.21 bits per heavy atom. The molecule has 3 heterocycles. The Bertz CT molecular complexity index is 1770. The molecule has 0 aliphatic carbocycles. The van der Waals surface area contributed by atoms with Crippen LogP contribution >= 0.6 is 0 Å². The van der Waals surface area contributed by atoms with Crippen LogP contribution in [0.3, 0.4) is 0 Å². The molecule has 3 aromatic heterocycles. The van der Waals surface area contributed by atoms with E-state index >= 15 is 0 Å². The minimum atomic E-state index is -0.500. The summed E-state index contributed by atoms with van der Waals surface area (Å²) in [6, 6.07) is 17.3. The monoisotopic (exact) mass is 456 g/mol. The van der Waals surface area contributed by atoms with E-state index < -0.39 is 11.2 Å². The molecule has 0 aliphatic rings. The molecule has 34 heavy (non-hydrogen) atoms. The Balaban J connectivity index is 1.89. The number of hydrogen-bond donors (Lipinski definition) is 0. The number of anilines is 1. The van der Waals surface area contributed by atoms with E-state index in [1.807, 2.05) is 73.6 Å². The van der Waals surface area contributed by atoms with Gasteiger partial charge in [-0.15, -0.1) is 0 Å². The van der Waals surface area contributed by atoms with Crippen molar-refractivity contribution < 1.29 is 0 Å². The van der Waals surface area contributed by atoms with Crippen LogP contribution in [0.5, 0.6) is 0 Å². The highest BCUT2D eigenvalue weighted by atomic mass is 16.2. The lowest BCUT2D eigenvalue weighted by Gasteiger charge is -2.11. The third kappa shape index (κ3) is 3.24. The van der Waals surface area contributed by atoms with Gasteiger partial charge in [-0.1, -0.05) is 42.5 Å². The summed E-state index contributed by atoms with van der Waals surface area (Å²) in [5.74, 6) is 0.318. The lowest BCUT2D eigenvalue weighted by molar-refractivity contribution is 0.707. The van der Waals surface area contributed by atoms with Gasteiger partial charge in [-0.2, -0.15) is 4.98 Å². The highest BCUT2D eigenvalue weighted by molar-refractivity contribution is 5.76. The maximum atomic E-state index is 13.6. The van der Waals surface area contributed by atoms with Crippen LogP contribution in [0, 0.1) is 0 Å². The van der Waals surface area contributed by atoms with Gasteiger partial charge in [0.1, 0.15) is 5.35 Å². The van der Waals surface area contributed by atoms with Crippen LogP contribution in [0.15, 0.2) is 69.0 Å². The summed E-state index contributed by atoms with van der Waals surface area (Å²) in [4.78, 5) is 45.8. The van der Waals surface area contributed by atoms with Crippen molar-refractivity contribution in [3.8, 4) is 0 Å². The maximum absolute atomic E-state index is 13.6. The third-order valence-corrected chi connectivity index (χ3v) is 6.08. The average Bonchev–Trinajstić information content (AvgIpc) is 3.34. The van der Waals surface area contributed by atoms with Crippen molar-refractivity contribution >= 4 is 28.7 Å². The molecule has 0 bridgehead atoms. The van der Waals surface area contributed by atoms with E-state index in [-0.39, 0.29) is 23.3 Å². The van der Waals surface area contributed by atoms with E-state index in [1.54, 1.807) is 22.1 Å². The van der Waals surface area contributed by atoms with Gasteiger partial charge in [-0.3, -0.25) is 27.7 Å². The predicted molar refractivity (Wildman–Crippen MR) is 133 cm³/mol. The lowest BCUT2D eigenvalue weighted by atomic mass is 10.2. The topological polar surface area (TPSA) is 86.5 Å². The van der Waals surface area contributed by atoms with E-state index in [0.717, 1.165) is 21.4 Å². The van der Waals surface area contributed by atoms with E-state index in [9.17, 15) is 14.4 Å². The van der Waals surface area contributed by atoms with Crippen LogP contribution in [0.4, 0.5) is 5.69 Å². The summed E-state index contributed by atoms with van der Waals surface area (Å²) in [6.45, 7) is 0.286. The summed E-state index contributed by atoms with van der Waals surface area (Å²) >= 11 is 0. The van der Waals surface area contributed by atoms with Crippen molar-refractivity contribution in [2.45, 2.75) is 6.54 Å². The molecule has 9 nitrogen and oxygen atoms in total. The van der Waals surface area contributed by atoms with Gasteiger partial charge >= 0.3 is 5.69 Å². The Hall–Kier alpha value is -4.40. The largest absolute Gasteiger partial charge is 0.378 e. The van der Waals surface area contributed by atoms with Gasteiger partial charge in [0.2, 0.25) is 5.78 Å². The molecule has 172 valence electrons. The van der Waals surface area contributed by atoms with Crippen molar-refractivity contribution in [3.63, 3.8) is 0 Å². The van der Waals surface area contributed by atoms with Gasteiger partial charge in [0, 0.05) is 33.9 Å². The quantitative estimate of drug-likeness (QED) is 0.398. The molecule has 0 unspecified atom stereocenters. The molecule has 0 N–H and O–H groups in total. The van der Waals surface area contributed by atoms with Crippen molar-refractivity contribution in [2.75, 3.05) is 19.0 Å². The number of benzene rings is 2. The van der Waals surface area contributed by atoms with E-state index in [1.165, 1.54) is 11.6 Å². The smallest absolute Gasteiger partial charge is 0.332 e. The first-order valence-electron chi connectivity index (χ1n) is 10.8. The fourth-order valence-corrected chi connectivity index (χ4v) is 4.18. The molecule has 5 aromatic rings. The maximum Gasteiger partial charge on any atom is 0.332 e. The molecule has 5 rings (SSSR count). The van der Waals surface area contributed by atoms with Gasteiger partial charge in [0.05, 0.1) is 6.54 Å². The molecule has 0 spiro atoms. The molecule has 9 heteroatoms. The lowest BCUT2D eigenvalue weighted by Crippen LogP contribution is -2.39. The molecular formula is C25H24N6O3. The zero-order chi connectivity index (χ0) is 24.1. The van der Waals surface area contributed by atoms with Gasteiger partial charge < -0.3 is 4.90 Å². The minimum absolute atomic E-state index is 0.194. The van der Waals surface area contributed by atoms with Crippen LogP contribution in [0.2, 0.25) is 0 Å². The standard InChI is InChI=1S/C25H24N6O3/c1-27(2)18-12-10-16(11-13-18)14-19-22(32)30(15-17-8-6-5-7-9-17)24-26-21-20(31(19)24)23(33)29(4)25(34)28(21)3/h5-14H,15H2,1-4H3. The van der Waals surface area contributed by atoms with Gasteiger partial charge in [-0.25, -0.2) is 4.79 Å². The molecule has 0 amide bonds. The number of fused-ring (bicyclic) bond motifs is 3. The second-order valence-corrected chi connectivity index (χ2v) is 8.52. The Labute approximate surface area is 194 Å². The van der Waals surface area contributed by atoms with E-state index in [2.05, 4.69) is 4.98 Å². The van der Waals surface area contributed by atoms with Gasteiger partial charge in [0.15, 0.2) is 11.2 Å². The van der Waals surface area contributed by atoms with E-state index in [4.69, 9.17) is 0 Å². The first kappa shape index (κ1) is 21.4. The van der Waals surface area contributed by atoms with Crippen molar-refractivity contribution in [2.24, 2.45) is 14.1 Å². The molecule has 0 fully saturated rings. The minimum Gasteiger partial charge on any atom is -0.378 e. The zero-order valence-electron chi connectivity index (χ0n) is 19.4. The summed E-state index contributed by atoms with van der Waals surface area (Å²) < 4.78 is 5.48. The Morgan fingerprint density at radius 1 is 0.882 bits per heavy atom. The van der Waals surface area contributed by atoms with Crippen molar-refractivity contribution in [1.82, 2.24) is 23.1 Å². The van der Waals surface area contributed by atoms with Crippen LogP contribution in [-0.2, 0) is 20.6 Å². The molecule has 0 atom stereocenters. The first-order chi connectivity index (χ1) is 16.3. The third-order valence-electron chi connectivity index (χ3n) is 6.08. The number of nitrogens with zero attached hydrogens (tertiary/aromatic N) is 6. The van der Waals surface area contributed by atoms with Crippen LogP contribution in [-0.4, -0.2) is 37.2 Å². The number of aryl methyl sites for hydroxylation is 1. The van der Waals surface area contributed by atoms with Crippen LogP contribution in [0.1, 0.15) is 11.1 Å². The van der Waals surface area contributed by atoms with Crippen molar-refractivity contribution in [1.29, 1.82) is 0 Å². The number of imidazole rings is 2. The Kier molecular flexibility index (Phi) is 4.97. The van der Waals surface area contributed by atoms with E-state index in [0.29, 0.717) is 11.1 Å². The molecule has 0 saturated carbocycles. The molecule has 2 aromatic carbocycles. The fourth-order valence-electron chi connectivity index (χ4n) is 4.18. The molecular weight excluding hydrogens is 432 g/mol. The van der Waals surface area contributed by atoms with Gasteiger partial charge in [-0.05, 0) is 29.3 Å². The zero-order valence-corrected chi connectivity index (χ0v) is 19.4. The summed E-state index contributed by atoms with van der Waals surface area (Å²) in [5, 5.41) is 0.307. The summed E-state index contributed by atoms with van der Waals surface area (Å²) in [7, 11) is 6.91. The number of aromatic nitrogens is 5. The molecule has 0 aliphatic heterocycles. The van der Waals surface area contributed by atoms with Gasteiger partial charge in [0.25, 0.3) is 11.1 Å². The normalized spacial score (nSPS) is 12.2. The number of hydrogen-bond acceptors (Lipinski definition) is 5. The molecule has 0 radical (unpaired) electrons. The fraction of sp³-hybridized carbons (Fsp3) is 0.200. The highest BCUT2D eigenvalue weighted by Gasteiger charge is 2.21. The first-order valence-corrected chi connectivity index (χ1v) is 10.8. The SMILES string of the molecule is CN(C)c1ccc(C=c2c(=O)n(Cc3ccccc3)c3nc4c(c(=O)n(C)c(=O)n4C)n23)cc1. The average molecular weight is 457 g/mol. The second-order valence-electron chi connectivity index (χ2n) is 8.52. The summed E-state index contributed by atoms with van der Waals surface area (Å²) in [5.41, 5.74) is 1.96. The second kappa shape index (κ2) is 7.87. The number of rotatable bonds is 4. The predicted octanol–water partition coefficient (Wildman–Crippen LogP) is 0.709. The van der Waals surface area contributed by atoms with Crippen molar-refractivity contribution in [3.05, 3.63) is 102 Å². The summed E-state index contributed by atoms with van der Waals surface area (Å²) in [6.07, 6.45) is 1.75. The molecule has 0 saturated heterocycles. The highest BCUT2D eigenvalue weighted by Crippen LogP contribution is 2.14. The van der Waals surface area contributed by atoms with Crippen LogP contribution < -0.4 is 27.1 Å². The van der Waals surface area contributed by atoms with Crippen LogP contribution in [0.25, 0.3) is 23.0 Å².